The van der Waals surface area contributed by atoms with Gasteiger partial charge in [-0.1, -0.05) is 48.0 Å². The first-order valence-electron chi connectivity index (χ1n) is 7.32. The highest BCUT2D eigenvalue weighted by Gasteiger charge is 2.34. The summed E-state index contributed by atoms with van der Waals surface area (Å²) in [7, 11) is 0. The number of hydrogen-bond donors (Lipinski definition) is 0. The Hall–Kier alpha value is -2.99. The van der Waals surface area contributed by atoms with E-state index in [1.54, 1.807) is 4.90 Å². The lowest BCUT2D eigenvalue weighted by Crippen LogP contribution is -2.30. The summed E-state index contributed by atoms with van der Waals surface area (Å²) in [5.41, 5.74) is 2.84. The largest absolute Gasteiger partial charge is 0.302 e. The van der Waals surface area contributed by atoms with Crippen molar-refractivity contribution in [3.05, 3.63) is 77.3 Å². The topological polar surface area (TPSA) is 63.4 Å². The van der Waals surface area contributed by atoms with Crippen LogP contribution in [0.3, 0.4) is 0 Å². The Kier molecular flexibility index (Phi) is 3.59. The molecule has 0 radical (unpaired) electrons. The molecule has 0 saturated carbocycles. The van der Waals surface area contributed by atoms with Crippen LogP contribution in [0.2, 0.25) is 5.02 Å². The molecule has 0 saturated heterocycles. The molecule has 1 amide bonds. The first-order valence-corrected chi connectivity index (χ1v) is 7.70. The zero-order chi connectivity index (χ0) is 16.5. The van der Waals surface area contributed by atoms with E-state index in [0.717, 1.165) is 16.8 Å². The van der Waals surface area contributed by atoms with Gasteiger partial charge < -0.3 is 4.90 Å². The Morgan fingerprint density at radius 1 is 1.00 bits per heavy atom. The van der Waals surface area contributed by atoms with E-state index in [-0.39, 0.29) is 5.91 Å². The van der Waals surface area contributed by atoms with Gasteiger partial charge >= 0.3 is 0 Å². The minimum atomic E-state index is -0.176. The van der Waals surface area contributed by atoms with Crippen LogP contribution in [-0.2, 0) is 11.3 Å². The molecule has 0 fully saturated rings. The molecule has 6 nitrogen and oxygen atoms in total. The van der Waals surface area contributed by atoms with Gasteiger partial charge in [0.05, 0.1) is 12.2 Å². The van der Waals surface area contributed by atoms with Gasteiger partial charge in [0.2, 0.25) is 0 Å². The molecular formula is C17H12ClN5O. The number of aromatic nitrogens is 3. The summed E-state index contributed by atoms with van der Waals surface area (Å²) in [5, 5.41) is 12.4. The van der Waals surface area contributed by atoms with Gasteiger partial charge in [-0.15, -0.1) is 10.2 Å². The molecule has 0 spiro atoms. The van der Waals surface area contributed by atoms with Gasteiger partial charge in [0.1, 0.15) is 12.7 Å². The fourth-order valence-electron chi connectivity index (χ4n) is 2.67. The number of benzene rings is 2. The van der Waals surface area contributed by atoms with Gasteiger partial charge in [-0.3, -0.25) is 4.79 Å². The monoisotopic (exact) mass is 337 g/mol. The van der Waals surface area contributed by atoms with Crippen molar-refractivity contribution in [3.8, 4) is 0 Å². The number of carbonyl (C=O) groups is 1. The molecule has 0 N–H and O–H groups in total. The number of halogens is 1. The van der Waals surface area contributed by atoms with Crippen LogP contribution in [0, 0.1) is 0 Å². The van der Waals surface area contributed by atoms with Gasteiger partial charge in [0.15, 0.2) is 5.71 Å². The molecule has 3 aromatic rings. The molecule has 118 valence electrons. The van der Waals surface area contributed by atoms with Crippen molar-refractivity contribution in [3.63, 3.8) is 0 Å². The van der Waals surface area contributed by atoms with Gasteiger partial charge in [-0.25, -0.2) is 4.68 Å². The van der Waals surface area contributed by atoms with Crippen LogP contribution < -0.4 is 4.90 Å². The Morgan fingerprint density at radius 3 is 2.50 bits per heavy atom. The average molecular weight is 338 g/mol. The van der Waals surface area contributed by atoms with E-state index in [2.05, 4.69) is 15.3 Å². The van der Waals surface area contributed by atoms with Crippen LogP contribution in [0.15, 0.2) is 66.3 Å². The first-order chi connectivity index (χ1) is 11.7. The van der Waals surface area contributed by atoms with E-state index in [0.29, 0.717) is 17.3 Å². The lowest BCUT2D eigenvalue weighted by molar-refractivity contribution is -0.112. The fourth-order valence-corrected chi connectivity index (χ4v) is 2.87. The fraction of sp³-hybridized carbons (Fsp3) is 0.0588. The summed E-state index contributed by atoms with van der Waals surface area (Å²) >= 11 is 6.24. The van der Waals surface area contributed by atoms with Gasteiger partial charge in [0, 0.05) is 10.6 Å². The van der Waals surface area contributed by atoms with E-state index in [1.807, 2.05) is 48.5 Å². The van der Waals surface area contributed by atoms with Crippen molar-refractivity contribution >= 4 is 28.9 Å². The van der Waals surface area contributed by atoms with Gasteiger partial charge in [-0.05, 0) is 17.7 Å². The second kappa shape index (κ2) is 5.90. The van der Waals surface area contributed by atoms with Crippen molar-refractivity contribution in [2.45, 2.75) is 6.54 Å². The third-order valence-corrected chi connectivity index (χ3v) is 4.17. The molecule has 0 atom stereocenters. The Bertz CT molecular complexity index is 936. The van der Waals surface area contributed by atoms with Crippen LogP contribution in [0.5, 0.6) is 0 Å². The zero-order valence-corrected chi connectivity index (χ0v) is 13.3. The highest BCUT2D eigenvalue weighted by Crippen LogP contribution is 2.31. The molecule has 4 rings (SSSR count). The summed E-state index contributed by atoms with van der Waals surface area (Å²) in [4.78, 5) is 14.6. The first kappa shape index (κ1) is 14.6. The Labute approximate surface area is 143 Å². The van der Waals surface area contributed by atoms with Crippen LogP contribution in [0.1, 0.15) is 11.1 Å². The van der Waals surface area contributed by atoms with Crippen molar-refractivity contribution in [1.82, 2.24) is 14.9 Å². The van der Waals surface area contributed by atoms with Gasteiger partial charge in [0.25, 0.3) is 5.91 Å². The maximum atomic E-state index is 12.9. The minimum absolute atomic E-state index is 0.176. The predicted octanol–water partition coefficient (Wildman–Crippen LogP) is 2.73. The molecule has 2 heterocycles. The van der Waals surface area contributed by atoms with E-state index in [1.165, 1.54) is 17.3 Å². The van der Waals surface area contributed by atoms with Crippen LogP contribution >= 0.6 is 11.6 Å². The molecule has 0 aliphatic carbocycles. The number of rotatable bonds is 3. The van der Waals surface area contributed by atoms with Crippen molar-refractivity contribution in [2.24, 2.45) is 5.10 Å². The molecule has 1 aromatic heterocycles. The zero-order valence-electron chi connectivity index (χ0n) is 12.5. The second-order valence-corrected chi connectivity index (χ2v) is 5.70. The number of para-hydroxylation sites is 1. The highest BCUT2D eigenvalue weighted by atomic mass is 35.5. The molecule has 1 aliphatic rings. The number of anilines is 1. The number of fused-ring (bicyclic) bond motifs is 1. The van der Waals surface area contributed by atoms with Crippen LogP contribution in [0.4, 0.5) is 5.69 Å². The lowest BCUT2D eigenvalue weighted by Gasteiger charge is -2.17. The quantitative estimate of drug-likeness (QED) is 0.738. The minimum Gasteiger partial charge on any atom is -0.302 e. The summed E-state index contributed by atoms with van der Waals surface area (Å²) in [5.74, 6) is -0.176. The van der Waals surface area contributed by atoms with Crippen LogP contribution in [-0.4, -0.2) is 26.5 Å². The summed E-state index contributed by atoms with van der Waals surface area (Å²) in [6.07, 6.45) is 2.89. The maximum absolute atomic E-state index is 12.9. The van der Waals surface area contributed by atoms with E-state index in [9.17, 15) is 4.79 Å². The summed E-state index contributed by atoms with van der Waals surface area (Å²) < 4.78 is 1.42. The second-order valence-electron chi connectivity index (χ2n) is 5.29. The average Bonchev–Trinajstić information content (AvgIpc) is 3.20. The summed E-state index contributed by atoms with van der Waals surface area (Å²) in [6, 6.07) is 15.1. The SMILES string of the molecule is O=C1C(=Nn2cnnc2)c2ccccc2N1Cc1ccccc1Cl. The molecule has 2 aromatic carbocycles. The lowest BCUT2D eigenvalue weighted by atomic mass is 10.1. The number of nitrogens with zero attached hydrogens (tertiary/aromatic N) is 5. The van der Waals surface area contributed by atoms with Crippen molar-refractivity contribution in [2.75, 3.05) is 4.90 Å². The number of amides is 1. The third kappa shape index (κ3) is 2.47. The van der Waals surface area contributed by atoms with E-state index < -0.39 is 0 Å². The molecule has 0 bridgehead atoms. The highest BCUT2D eigenvalue weighted by molar-refractivity contribution is 6.54. The number of hydrogen-bond acceptors (Lipinski definition) is 4. The Balaban J connectivity index is 1.77. The molecule has 7 heteroatoms. The molecular weight excluding hydrogens is 326 g/mol. The number of carbonyl (C=O) groups excluding carboxylic acids is 1. The third-order valence-electron chi connectivity index (χ3n) is 3.81. The van der Waals surface area contributed by atoms with Crippen LogP contribution in [0.25, 0.3) is 0 Å². The van der Waals surface area contributed by atoms with Crippen molar-refractivity contribution < 1.29 is 4.79 Å². The predicted molar refractivity (Wildman–Crippen MR) is 91.0 cm³/mol. The normalized spacial score (nSPS) is 15.1. The summed E-state index contributed by atoms with van der Waals surface area (Å²) in [6.45, 7) is 0.386. The molecule has 1 aliphatic heterocycles. The molecule has 0 unspecified atom stereocenters. The smallest absolute Gasteiger partial charge is 0.279 e. The van der Waals surface area contributed by atoms with Gasteiger partial charge in [-0.2, -0.15) is 5.10 Å². The van der Waals surface area contributed by atoms with E-state index >= 15 is 0 Å². The standard InChI is InChI=1S/C17H12ClN5O/c18-14-7-3-1-5-12(14)9-23-15-8-4-2-6-13(15)16(17(23)24)21-22-10-19-20-11-22/h1-8,10-11H,9H2. The van der Waals surface area contributed by atoms with E-state index in [4.69, 9.17) is 11.6 Å². The molecule has 24 heavy (non-hydrogen) atoms. The van der Waals surface area contributed by atoms with Crippen molar-refractivity contribution in [1.29, 1.82) is 0 Å². The maximum Gasteiger partial charge on any atom is 0.279 e. The Morgan fingerprint density at radius 2 is 1.71 bits per heavy atom.